The number of likely N-dealkylation sites (N-methyl/N-ethyl adjacent to an activating group) is 1. The molecule has 0 saturated heterocycles. The van der Waals surface area contributed by atoms with Gasteiger partial charge in [-0.15, -0.1) is 0 Å². The summed E-state index contributed by atoms with van der Waals surface area (Å²) in [5.74, 6) is 1.28. The summed E-state index contributed by atoms with van der Waals surface area (Å²) in [6.45, 7) is 6.69. The van der Waals surface area contributed by atoms with Gasteiger partial charge in [0.05, 0.1) is 50.0 Å². The topological polar surface area (TPSA) is 153 Å². The van der Waals surface area contributed by atoms with Gasteiger partial charge in [-0.25, -0.2) is 9.78 Å². The summed E-state index contributed by atoms with van der Waals surface area (Å²) in [5, 5.41) is 9.03. The van der Waals surface area contributed by atoms with E-state index in [1.807, 2.05) is 55.4 Å². The summed E-state index contributed by atoms with van der Waals surface area (Å²) in [6.07, 6.45) is 6.19. The first-order chi connectivity index (χ1) is 27.3. The number of alkyl carbamates (subject to hydrolysis) is 1. The van der Waals surface area contributed by atoms with Crippen LogP contribution < -0.4 is 20.7 Å². The van der Waals surface area contributed by atoms with Crippen molar-refractivity contribution in [3.05, 3.63) is 101 Å². The van der Waals surface area contributed by atoms with Crippen LogP contribution in [-0.4, -0.2) is 91.3 Å². The summed E-state index contributed by atoms with van der Waals surface area (Å²) in [6, 6.07) is 19.0. The number of hydrogen-bond donors (Lipinski definition) is 4. The van der Waals surface area contributed by atoms with E-state index in [2.05, 4.69) is 63.2 Å². The monoisotopic (exact) mass is 760 g/mol. The van der Waals surface area contributed by atoms with Gasteiger partial charge in [0.15, 0.2) is 0 Å². The van der Waals surface area contributed by atoms with Crippen LogP contribution in [0, 0.1) is 0 Å². The number of aromatic amines is 1. The Kier molecular flexibility index (Phi) is 13.2. The second-order valence-corrected chi connectivity index (χ2v) is 13.9. The summed E-state index contributed by atoms with van der Waals surface area (Å²) in [5.41, 5.74) is 9.97. The molecule has 0 bridgehead atoms. The van der Waals surface area contributed by atoms with Gasteiger partial charge in [0, 0.05) is 37.5 Å². The molecule has 2 heterocycles. The van der Waals surface area contributed by atoms with Gasteiger partial charge in [-0.05, 0) is 78.7 Å². The fraction of sp³-hybridized carbons (Fsp3) is 0.372. The molecule has 13 nitrogen and oxygen atoms in total. The molecule has 3 amide bonds. The first kappa shape index (κ1) is 39.7. The Balaban J connectivity index is 1.19. The van der Waals surface area contributed by atoms with Crippen LogP contribution in [0.2, 0.25) is 0 Å². The van der Waals surface area contributed by atoms with Crippen LogP contribution in [0.5, 0.6) is 5.75 Å². The summed E-state index contributed by atoms with van der Waals surface area (Å²) >= 11 is 0. The van der Waals surface area contributed by atoms with Gasteiger partial charge in [0.25, 0.3) is 0 Å². The number of imidazole rings is 1. The first-order valence-corrected chi connectivity index (χ1v) is 19.3. The van der Waals surface area contributed by atoms with Crippen LogP contribution in [0.3, 0.4) is 0 Å². The Labute approximate surface area is 328 Å². The quantitative estimate of drug-likeness (QED) is 0.104. The molecule has 1 aliphatic heterocycles. The van der Waals surface area contributed by atoms with Crippen LogP contribution in [0.15, 0.2) is 77.5 Å². The summed E-state index contributed by atoms with van der Waals surface area (Å²) < 4.78 is 11.2. The van der Waals surface area contributed by atoms with Crippen LogP contribution >= 0.6 is 0 Å². The number of aromatic nitrogens is 2. The van der Waals surface area contributed by atoms with E-state index < -0.39 is 12.1 Å². The van der Waals surface area contributed by atoms with Crippen molar-refractivity contribution in [2.45, 2.75) is 58.7 Å². The van der Waals surface area contributed by atoms with E-state index in [0.29, 0.717) is 44.2 Å². The fourth-order valence-corrected chi connectivity index (χ4v) is 7.33. The molecular formula is C43H52N8O5. The number of aryl methyl sites for hydroxylation is 1. The number of carbonyl (C=O) groups excluding carboxylic acids is 3. The van der Waals surface area contributed by atoms with Crippen molar-refractivity contribution in [2.24, 2.45) is 4.99 Å². The lowest BCUT2D eigenvalue weighted by atomic mass is 9.86. The molecule has 1 aliphatic carbocycles. The molecule has 4 N–H and O–H groups in total. The zero-order valence-electron chi connectivity index (χ0n) is 32.9. The Morgan fingerprint density at radius 3 is 2.48 bits per heavy atom. The van der Waals surface area contributed by atoms with Crippen molar-refractivity contribution >= 4 is 29.8 Å². The maximum absolute atomic E-state index is 13.9. The Morgan fingerprint density at radius 1 is 0.964 bits per heavy atom. The number of methoxy groups -OCH3 is 1. The average molecular weight is 761 g/mol. The number of allylic oxidation sites excluding steroid dienone is 1. The maximum atomic E-state index is 13.9. The van der Waals surface area contributed by atoms with Crippen molar-refractivity contribution in [1.29, 1.82) is 0 Å². The highest BCUT2D eigenvalue weighted by molar-refractivity contribution is 5.87. The number of nitrogens with zero attached hydrogens (tertiary/aromatic N) is 4. The molecule has 294 valence electrons. The van der Waals surface area contributed by atoms with Crippen LogP contribution in [0.25, 0.3) is 28.1 Å². The van der Waals surface area contributed by atoms with E-state index in [-0.39, 0.29) is 18.4 Å². The van der Waals surface area contributed by atoms with E-state index in [9.17, 15) is 14.4 Å². The molecule has 56 heavy (non-hydrogen) atoms. The van der Waals surface area contributed by atoms with Gasteiger partial charge >= 0.3 is 6.09 Å². The SMILES string of the molecule is CCCN(CC=NC1=C(NC)c2cc3c(cc2CC1)-c1ccc(-c2cnc(CN(CCC)C(=O)[C@H](NC(=O)OC)c4ccccc4)[nH]2)cc1CO3)C(=O)CNC. The first-order valence-electron chi connectivity index (χ1n) is 19.3. The highest BCUT2D eigenvalue weighted by Crippen LogP contribution is 2.43. The Morgan fingerprint density at radius 2 is 1.75 bits per heavy atom. The minimum absolute atomic E-state index is 0.0652. The third-order valence-corrected chi connectivity index (χ3v) is 10.1. The molecule has 0 spiro atoms. The number of ether oxygens (including phenoxy) is 2. The van der Waals surface area contributed by atoms with E-state index in [0.717, 1.165) is 76.3 Å². The number of fused-ring (bicyclic) bond motifs is 4. The van der Waals surface area contributed by atoms with Crippen molar-refractivity contribution in [2.75, 3.05) is 47.4 Å². The molecule has 0 radical (unpaired) electrons. The lowest BCUT2D eigenvalue weighted by molar-refractivity contribution is -0.134. The highest BCUT2D eigenvalue weighted by atomic mass is 16.5. The molecule has 13 heteroatoms. The number of rotatable bonds is 16. The number of carbonyl (C=O) groups is 3. The average Bonchev–Trinajstić information content (AvgIpc) is 3.70. The third-order valence-electron chi connectivity index (χ3n) is 10.1. The minimum atomic E-state index is -0.900. The van der Waals surface area contributed by atoms with Crippen molar-refractivity contribution in [1.82, 2.24) is 35.7 Å². The van der Waals surface area contributed by atoms with Crippen LogP contribution in [0.1, 0.15) is 67.2 Å². The summed E-state index contributed by atoms with van der Waals surface area (Å²) in [7, 11) is 4.98. The molecule has 0 unspecified atom stereocenters. The van der Waals surface area contributed by atoms with Crippen LogP contribution in [-0.2, 0) is 33.9 Å². The lowest BCUT2D eigenvalue weighted by Gasteiger charge is -2.27. The van der Waals surface area contributed by atoms with E-state index >= 15 is 0 Å². The number of aliphatic imine (C=N–C) groups is 1. The Hall–Kier alpha value is -5.95. The standard InChI is InChI=1S/C43H52N8O5/c1-6-18-50(39(52)25-44-3)20-17-46-35-16-14-29-22-34-32-15-13-30(21-31(32)27-56-37(34)23-33(29)41(35)45-4)36-24-47-38(48-36)26-51(19-7-2)42(53)40(49-43(54)55-5)28-11-9-8-10-12-28/h8-13,15,17,21-24,40,44-45H,6-7,14,16,18-20,25-27H2,1-5H3,(H,47,48)(H,49,54)/t40-/m1/s1. The maximum Gasteiger partial charge on any atom is 0.407 e. The second kappa shape index (κ2) is 18.6. The predicted molar refractivity (Wildman–Crippen MR) is 218 cm³/mol. The summed E-state index contributed by atoms with van der Waals surface area (Å²) in [4.78, 5) is 55.0. The molecule has 3 aromatic carbocycles. The van der Waals surface area contributed by atoms with Gasteiger partial charge < -0.3 is 40.2 Å². The van der Waals surface area contributed by atoms with Gasteiger partial charge in [-0.2, -0.15) is 0 Å². The van der Waals surface area contributed by atoms with Crippen LogP contribution in [0.4, 0.5) is 4.79 Å². The number of amides is 3. The zero-order chi connectivity index (χ0) is 39.6. The van der Waals surface area contributed by atoms with Gasteiger partial charge in [-0.1, -0.05) is 56.3 Å². The molecule has 2 aliphatic rings. The predicted octanol–water partition coefficient (Wildman–Crippen LogP) is 5.84. The zero-order valence-corrected chi connectivity index (χ0v) is 32.9. The number of H-pyrrole nitrogens is 1. The number of nitrogens with one attached hydrogen (secondary N) is 4. The van der Waals surface area contributed by atoms with Gasteiger partial charge in [-0.3, -0.25) is 14.6 Å². The molecule has 4 aromatic rings. The lowest BCUT2D eigenvalue weighted by Crippen LogP contribution is -2.43. The number of hydrogen-bond acceptors (Lipinski definition) is 9. The number of benzene rings is 3. The van der Waals surface area contributed by atoms with E-state index in [4.69, 9.17) is 14.5 Å². The smallest absolute Gasteiger partial charge is 0.407 e. The largest absolute Gasteiger partial charge is 0.488 e. The molecule has 0 fully saturated rings. The Bertz CT molecular complexity index is 2090. The van der Waals surface area contributed by atoms with Gasteiger partial charge in [0.1, 0.15) is 24.2 Å². The van der Waals surface area contributed by atoms with Crippen molar-refractivity contribution in [3.63, 3.8) is 0 Å². The van der Waals surface area contributed by atoms with E-state index in [1.54, 1.807) is 18.1 Å². The van der Waals surface area contributed by atoms with Crippen molar-refractivity contribution < 1.29 is 23.9 Å². The van der Waals surface area contributed by atoms with E-state index in [1.165, 1.54) is 12.7 Å². The molecular weight excluding hydrogens is 709 g/mol. The minimum Gasteiger partial charge on any atom is -0.488 e. The normalized spacial score (nSPS) is 13.6. The fourth-order valence-electron chi connectivity index (χ4n) is 7.33. The molecule has 0 saturated carbocycles. The molecule has 1 atom stereocenters. The second-order valence-electron chi connectivity index (χ2n) is 13.9. The molecule has 6 rings (SSSR count). The van der Waals surface area contributed by atoms with Crippen molar-refractivity contribution in [3.8, 4) is 28.1 Å². The highest BCUT2D eigenvalue weighted by Gasteiger charge is 2.29. The third kappa shape index (κ3) is 8.94. The van der Waals surface area contributed by atoms with Gasteiger partial charge in [0.2, 0.25) is 11.8 Å². The molecule has 1 aromatic heterocycles.